The monoisotopic (exact) mass is 449 g/mol. The molecule has 2 fully saturated rings. The molecule has 2 amide bonds. The molecule has 1 unspecified atom stereocenters. The molecule has 9 nitrogen and oxygen atoms in total. The quantitative estimate of drug-likeness (QED) is 0.608. The van der Waals surface area contributed by atoms with Crippen LogP contribution in [0.4, 0.5) is 5.69 Å². The fourth-order valence-corrected chi connectivity index (χ4v) is 4.60. The van der Waals surface area contributed by atoms with Crippen LogP contribution in [0.15, 0.2) is 42.9 Å². The highest BCUT2D eigenvalue weighted by atomic mass is 16.5. The van der Waals surface area contributed by atoms with Gasteiger partial charge in [0.05, 0.1) is 19.0 Å². The number of amides is 2. The van der Waals surface area contributed by atoms with Crippen molar-refractivity contribution in [1.29, 1.82) is 0 Å². The second kappa shape index (κ2) is 8.82. The smallest absolute Gasteiger partial charge is 0.256 e. The first kappa shape index (κ1) is 21.4. The number of ether oxygens (including phenoxy) is 2. The molecule has 0 spiro atoms. The highest BCUT2D eigenvalue weighted by molar-refractivity contribution is 6.04. The molecule has 0 aliphatic carbocycles. The molecule has 2 aliphatic rings. The average molecular weight is 450 g/mol. The minimum absolute atomic E-state index is 0.113. The summed E-state index contributed by atoms with van der Waals surface area (Å²) in [5.41, 5.74) is 2.69. The number of anilines is 1. The maximum absolute atomic E-state index is 13.3. The third-order valence-electron chi connectivity index (χ3n) is 6.54. The highest BCUT2D eigenvalue weighted by Gasteiger charge is 2.35. The van der Waals surface area contributed by atoms with Gasteiger partial charge in [-0.25, -0.2) is 9.97 Å². The molecule has 0 bridgehead atoms. The number of nitrogens with zero attached hydrogens (tertiary/aromatic N) is 5. The van der Waals surface area contributed by atoms with Crippen molar-refractivity contribution in [3.8, 4) is 5.75 Å². The molecule has 4 heterocycles. The van der Waals surface area contributed by atoms with E-state index in [2.05, 4.69) is 14.5 Å². The van der Waals surface area contributed by atoms with E-state index in [0.717, 1.165) is 43.1 Å². The topological polar surface area (TPSA) is 89.8 Å². The number of aromatic nitrogens is 3. The molecule has 33 heavy (non-hydrogen) atoms. The van der Waals surface area contributed by atoms with Crippen molar-refractivity contribution in [2.24, 2.45) is 0 Å². The van der Waals surface area contributed by atoms with Gasteiger partial charge in [-0.15, -0.1) is 0 Å². The van der Waals surface area contributed by atoms with Gasteiger partial charge < -0.3 is 23.8 Å². The van der Waals surface area contributed by atoms with Crippen LogP contribution < -0.4 is 9.64 Å². The predicted octanol–water partition coefficient (Wildman–Crippen LogP) is 2.67. The SMILES string of the molecule is COc1ccc(N2CCN(C(=O)c3cnc4c(c3)ncn4C3CCOCC3)C(C)C2=O)cc1. The maximum Gasteiger partial charge on any atom is 0.256 e. The molecule has 9 heteroatoms. The normalized spacial score (nSPS) is 19.8. The summed E-state index contributed by atoms with van der Waals surface area (Å²) < 4.78 is 12.7. The van der Waals surface area contributed by atoms with E-state index in [-0.39, 0.29) is 11.8 Å². The van der Waals surface area contributed by atoms with Crippen LogP contribution in [0.25, 0.3) is 11.2 Å². The van der Waals surface area contributed by atoms with Crippen LogP contribution >= 0.6 is 0 Å². The molecule has 2 saturated heterocycles. The fourth-order valence-electron chi connectivity index (χ4n) is 4.60. The summed E-state index contributed by atoms with van der Waals surface area (Å²) in [6.07, 6.45) is 5.23. The summed E-state index contributed by atoms with van der Waals surface area (Å²) >= 11 is 0. The Labute approximate surface area is 191 Å². The van der Waals surface area contributed by atoms with E-state index in [1.165, 1.54) is 0 Å². The molecule has 2 aliphatic heterocycles. The van der Waals surface area contributed by atoms with Crippen LogP contribution in [0.3, 0.4) is 0 Å². The van der Waals surface area contributed by atoms with Gasteiger partial charge >= 0.3 is 0 Å². The zero-order valence-electron chi connectivity index (χ0n) is 18.8. The van der Waals surface area contributed by atoms with E-state index >= 15 is 0 Å². The highest BCUT2D eigenvalue weighted by Crippen LogP contribution is 2.27. The van der Waals surface area contributed by atoms with Gasteiger partial charge in [-0.3, -0.25) is 9.59 Å². The largest absolute Gasteiger partial charge is 0.497 e. The molecule has 1 aromatic carbocycles. The Morgan fingerprint density at radius 2 is 1.88 bits per heavy atom. The number of fused-ring (bicyclic) bond motifs is 1. The number of hydrogen-bond donors (Lipinski definition) is 0. The van der Waals surface area contributed by atoms with Gasteiger partial charge in [0.1, 0.15) is 17.3 Å². The average Bonchev–Trinajstić information content (AvgIpc) is 3.29. The van der Waals surface area contributed by atoms with Crippen molar-refractivity contribution in [2.75, 3.05) is 38.3 Å². The second-order valence-electron chi connectivity index (χ2n) is 8.42. The number of hydrogen-bond acceptors (Lipinski definition) is 6. The molecule has 2 aromatic heterocycles. The predicted molar refractivity (Wildman–Crippen MR) is 122 cm³/mol. The number of carbonyl (C=O) groups is 2. The summed E-state index contributed by atoms with van der Waals surface area (Å²) in [6.45, 7) is 4.09. The van der Waals surface area contributed by atoms with Crippen LogP contribution in [-0.2, 0) is 9.53 Å². The lowest BCUT2D eigenvalue weighted by molar-refractivity contribution is -0.124. The van der Waals surface area contributed by atoms with E-state index in [9.17, 15) is 9.59 Å². The number of methoxy groups -OCH3 is 1. The Bertz CT molecular complexity index is 1170. The van der Waals surface area contributed by atoms with Gasteiger partial charge in [-0.05, 0) is 50.1 Å². The number of piperazine rings is 1. The van der Waals surface area contributed by atoms with E-state index in [4.69, 9.17) is 9.47 Å². The van der Waals surface area contributed by atoms with E-state index < -0.39 is 6.04 Å². The van der Waals surface area contributed by atoms with Gasteiger partial charge in [0.15, 0.2) is 5.65 Å². The first-order chi connectivity index (χ1) is 16.1. The molecule has 1 atom stereocenters. The Kier molecular flexibility index (Phi) is 5.72. The first-order valence-corrected chi connectivity index (χ1v) is 11.2. The van der Waals surface area contributed by atoms with Gasteiger partial charge in [-0.1, -0.05) is 0 Å². The number of rotatable bonds is 4. The Morgan fingerprint density at radius 3 is 2.61 bits per heavy atom. The second-order valence-corrected chi connectivity index (χ2v) is 8.42. The van der Waals surface area contributed by atoms with E-state index in [1.54, 1.807) is 42.4 Å². The number of imidazole rings is 1. The standard InChI is InChI=1S/C24H27N5O4/c1-16-23(30)28(18-3-5-20(32-2)6-4-18)10-9-27(16)24(31)17-13-21-22(25-14-17)29(15-26-21)19-7-11-33-12-8-19/h3-6,13-16,19H,7-12H2,1-2H3. The van der Waals surface area contributed by atoms with Crippen LogP contribution in [0, 0.1) is 0 Å². The van der Waals surface area contributed by atoms with Crippen molar-refractivity contribution < 1.29 is 19.1 Å². The summed E-state index contributed by atoms with van der Waals surface area (Å²) in [7, 11) is 1.61. The van der Waals surface area contributed by atoms with E-state index in [0.29, 0.717) is 30.2 Å². The number of pyridine rings is 1. The van der Waals surface area contributed by atoms with Crippen LogP contribution in [-0.4, -0.2) is 70.7 Å². The van der Waals surface area contributed by atoms with Crippen LogP contribution in [0.2, 0.25) is 0 Å². The molecule has 0 radical (unpaired) electrons. The fraction of sp³-hybridized carbons (Fsp3) is 0.417. The Hall–Kier alpha value is -3.46. The number of benzene rings is 1. The van der Waals surface area contributed by atoms with Gasteiger partial charge in [0, 0.05) is 44.2 Å². The summed E-state index contributed by atoms with van der Waals surface area (Å²) in [5, 5.41) is 0. The molecular formula is C24H27N5O4. The summed E-state index contributed by atoms with van der Waals surface area (Å²) in [5.74, 6) is 0.410. The minimum atomic E-state index is -0.580. The lowest BCUT2D eigenvalue weighted by Gasteiger charge is -2.39. The Balaban J connectivity index is 1.33. The van der Waals surface area contributed by atoms with Gasteiger partial charge in [0.25, 0.3) is 5.91 Å². The molecule has 172 valence electrons. The summed E-state index contributed by atoms with van der Waals surface area (Å²) in [4.78, 5) is 38.7. The van der Waals surface area contributed by atoms with Crippen molar-refractivity contribution in [3.63, 3.8) is 0 Å². The molecule has 3 aromatic rings. The van der Waals surface area contributed by atoms with Crippen molar-refractivity contribution in [3.05, 3.63) is 48.4 Å². The molecule has 5 rings (SSSR count). The van der Waals surface area contributed by atoms with Crippen molar-refractivity contribution in [2.45, 2.75) is 31.8 Å². The van der Waals surface area contributed by atoms with Gasteiger partial charge in [0.2, 0.25) is 5.91 Å². The van der Waals surface area contributed by atoms with Crippen LogP contribution in [0.5, 0.6) is 5.75 Å². The molecule has 0 saturated carbocycles. The van der Waals surface area contributed by atoms with Crippen LogP contribution in [0.1, 0.15) is 36.2 Å². The molecular weight excluding hydrogens is 422 g/mol. The lowest BCUT2D eigenvalue weighted by Crippen LogP contribution is -2.57. The minimum Gasteiger partial charge on any atom is -0.497 e. The molecule has 0 N–H and O–H groups in total. The number of carbonyl (C=O) groups excluding carboxylic acids is 2. The zero-order valence-corrected chi connectivity index (χ0v) is 18.8. The van der Waals surface area contributed by atoms with E-state index in [1.807, 2.05) is 24.3 Å². The summed E-state index contributed by atoms with van der Waals surface area (Å²) in [6, 6.07) is 8.86. The van der Waals surface area contributed by atoms with Gasteiger partial charge in [-0.2, -0.15) is 0 Å². The third-order valence-corrected chi connectivity index (χ3v) is 6.54. The first-order valence-electron chi connectivity index (χ1n) is 11.2. The van der Waals surface area contributed by atoms with Crippen molar-refractivity contribution in [1.82, 2.24) is 19.4 Å². The lowest BCUT2D eigenvalue weighted by atomic mass is 10.1. The maximum atomic E-state index is 13.3. The Morgan fingerprint density at radius 1 is 1.12 bits per heavy atom. The third kappa shape index (κ3) is 3.93. The van der Waals surface area contributed by atoms with Crippen molar-refractivity contribution >= 4 is 28.7 Å². The zero-order chi connectivity index (χ0) is 22.9.